The minimum absolute atomic E-state index is 0.319. The van der Waals surface area contributed by atoms with Crippen molar-refractivity contribution in [1.29, 1.82) is 0 Å². The molecule has 0 radical (unpaired) electrons. The summed E-state index contributed by atoms with van der Waals surface area (Å²) in [6, 6.07) is 2.80. The van der Waals surface area contributed by atoms with Gasteiger partial charge in [0, 0.05) is 30.7 Å². The second-order valence-corrected chi connectivity index (χ2v) is 5.94. The number of ether oxygens (including phenoxy) is 1. The summed E-state index contributed by atoms with van der Waals surface area (Å²) in [6.07, 6.45) is 5.34. The van der Waals surface area contributed by atoms with Crippen LogP contribution in [0.2, 0.25) is 0 Å². The normalized spacial score (nSPS) is 19.2. The van der Waals surface area contributed by atoms with Crippen LogP contribution in [0.5, 0.6) is 0 Å². The van der Waals surface area contributed by atoms with Gasteiger partial charge in [0.25, 0.3) is 0 Å². The zero-order chi connectivity index (χ0) is 15.2. The Bertz CT molecular complexity index is 450. The zero-order valence-corrected chi connectivity index (χ0v) is 13.2. The summed E-state index contributed by atoms with van der Waals surface area (Å²) >= 11 is 0. The highest BCUT2D eigenvalue weighted by atomic mass is 16.5. The molecule has 0 aromatic carbocycles. The number of esters is 1. The molecule has 0 bridgehead atoms. The summed E-state index contributed by atoms with van der Waals surface area (Å²) in [5.74, 6) is -0.0887. The molecule has 5 nitrogen and oxygen atoms in total. The molecule has 0 spiro atoms. The average Bonchev–Trinajstić information content (AvgIpc) is 2.95. The van der Waals surface area contributed by atoms with E-state index in [1.54, 1.807) is 6.26 Å². The van der Waals surface area contributed by atoms with E-state index in [4.69, 9.17) is 9.15 Å². The van der Waals surface area contributed by atoms with Crippen molar-refractivity contribution in [3.8, 4) is 0 Å². The molecule has 1 fully saturated rings. The number of piperidine rings is 1. The van der Waals surface area contributed by atoms with Gasteiger partial charge in [-0.3, -0.25) is 4.90 Å². The van der Waals surface area contributed by atoms with E-state index in [-0.39, 0.29) is 0 Å². The summed E-state index contributed by atoms with van der Waals surface area (Å²) in [4.78, 5) is 14.1. The topological polar surface area (TPSA) is 54.7 Å². The van der Waals surface area contributed by atoms with Crippen LogP contribution in [0.15, 0.2) is 16.7 Å². The lowest BCUT2D eigenvalue weighted by Crippen LogP contribution is -2.45. The van der Waals surface area contributed by atoms with E-state index in [1.165, 1.54) is 26.4 Å². The molecule has 118 valence electrons. The largest absolute Gasteiger partial charge is 0.463 e. The van der Waals surface area contributed by atoms with Gasteiger partial charge in [-0.05, 0) is 39.3 Å². The molecule has 2 rings (SSSR count). The summed E-state index contributed by atoms with van der Waals surface area (Å²) in [5, 5.41) is 3.58. The van der Waals surface area contributed by atoms with Crippen LogP contribution >= 0.6 is 0 Å². The number of carbonyl (C=O) groups is 1. The monoisotopic (exact) mass is 294 g/mol. The minimum atomic E-state index is -0.408. The molecule has 1 aliphatic heterocycles. The van der Waals surface area contributed by atoms with Crippen molar-refractivity contribution < 1.29 is 13.9 Å². The third kappa shape index (κ3) is 4.32. The Kier molecular flexibility index (Phi) is 5.82. The first-order valence-electron chi connectivity index (χ1n) is 7.74. The number of carbonyl (C=O) groups excluding carboxylic acids is 1. The molecule has 21 heavy (non-hydrogen) atoms. The van der Waals surface area contributed by atoms with E-state index >= 15 is 0 Å². The molecule has 1 aliphatic rings. The van der Waals surface area contributed by atoms with Crippen molar-refractivity contribution in [1.82, 2.24) is 10.2 Å². The predicted molar refractivity (Wildman–Crippen MR) is 81.2 cm³/mol. The van der Waals surface area contributed by atoms with Crippen molar-refractivity contribution in [2.45, 2.75) is 51.7 Å². The van der Waals surface area contributed by atoms with Crippen LogP contribution in [-0.2, 0) is 11.3 Å². The smallest absolute Gasteiger partial charge is 0.374 e. The molecule has 5 heteroatoms. The van der Waals surface area contributed by atoms with E-state index in [0.717, 1.165) is 18.7 Å². The van der Waals surface area contributed by atoms with Crippen LogP contribution < -0.4 is 5.32 Å². The molecule has 0 aliphatic carbocycles. The summed E-state index contributed by atoms with van der Waals surface area (Å²) in [6.45, 7) is 7.16. The fraction of sp³-hybridized carbons (Fsp3) is 0.688. The van der Waals surface area contributed by atoms with Crippen molar-refractivity contribution in [3.05, 3.63) is 23.7 Å². The fourth-order valence-corrected chi connectivity index (χ4v) is 2.77. The van der Waals surface area contributed by atoms with E-state index in [1.807, 2.05) is 6.07 Å². The molecule has 0 amide bonds. The Morgan fingerprint density at radius 3 is 2.95 bits per heavy atom. The van der Waals surface area contributed by atoms with E-state index in [2.05, 4.69) is 24.1 Å². The van der Waals surface area contributed by atoms with Gasteiger partial charge >= 0.3 is 5.97 Å². The first kappa shape index (κ1) is 16.0. The lowest BCUT2D eigenvalue weighted by Gasteiger charge is -2.33. The molecule has 2 heterocycles. The van der Waals surface area contributed by atoms with Crippen molar-refractivity contribution >= 4 is 5.97 Å². The molecule has 1 aromatic heterocycles. The van der Waals surface area contributed by atoms with E-state index in [0.29, 0.717) is 24.4 Å². The maximum atomic E-state index is 11.7. The van der Waals surface area contributed by atoms with Crippen molar-refractivity contribution in [3.63, 3.8) is 0 Å². The first-order chi connectivity index (χ1) is 10.1. The molecule has 1 saturated heterocycles. The minimum Gasteiger partial charge on any atom is -0.463 e. The number of hydrogen-bond donors (Lipinski definition) is 1. The summed E-state index contributed by atoms with van der Waals surface area (Å²) < 4.78 is 10.0. The van der Waals surface area contributed by atoms with E-state index in [9.17, 15) is 4.79 Å². The zero-order valence-electron chi connectivity index (χ0n) is 13.2. The Hall–Kier alpha value is -1.33. The molecule has 1 atom stereocenters. The van der Waals surface area contributed by atoms with Crippen LogP contribution in [0.25, 0.3) is 0 Å². The quantitative estimate of drug-likeness (QED) is 0.817. The lowest BCUT2D eigenvalue weighted by atomic mass is 10.0. The Morgan fingerprint density at radius 1 is 1.52 bits per heavy atom. The molecular formula is C16H26N2O3. The standard InChI is InChI=1S/C16H26N2O3/c1-12(2)18(11-14-6-4-5-8-17-14)10-13-7-9-21-15(13)16(19)20-3/h7,9,12,14,17H,4-6,8,10-11H2,1-3H3. The van der Waals surface area contributed by atoms with Gasteiger partial charge in [0.15, 0.2) is 0 Å². The highest BCUT2D eigenvalue weighted by Crippen LogP contribution is 2.18. The van der Waals surface area contributed by atoms with Crippen LogP contribution in [0.4, 0.5) is 0 Å². The SMILES string of the molecule is COC(=O)c1occc1CN(CC1CCCCN1)C(C)C. The number of rotatable bonds is 6. The highest BCUT2D eigenvalue weighted by Gasteiger charge is 2.22. The van der Waals surface area contributed by atoms with Crippen LogP contribution in [0, 0.1) is 0 Å². The predicted octanol–water partition coefficient (Wildman–Crippen LogP) is 2.42. The number of furan rings is 1. The maximum Gasteiger partial charge on any atom is 0.374 e. The lowest BCUT2D eigenvalue weighted by molar-refractivity contribution is 0.0560. The summed E-state index contributed by atoms with van der Waals surface area (Å²) in [5.41, 5.74) is 0.895. The molecule has 1 aromatic rings. The van der Waals surface area contributed by atoms with Gasteiger partial charge in [-0.2, -0.15) is 0 Å². The number of nitrogens with one attached hydrogen (secondary N) is 1. The van der Waals surface area contributed by atoms with Gasteiger partial charge in [0.1, 0.15) is 0 Å². The molecule has 1 N–H and O–H groups in total. The van der Waals surface area contributed by atoms with Crippen LogP contribution in [0.3, 0.4) is 0 Å². The van der Waals surface area contributed by atoms with Crippen LogP contribution in [0.1, 0.15) is 49.2 Å². The van der Waals surface area contributed by atoms with Gasteiger partial charge in [-0.25, -0.2) is 4.79 Å². The second kappa shape index (κ2) is 7.61. The second-order valence-electron chi connectivity index (χ2n) is 5.94. The third-order valence-corrected chi connectivity index (χ3v) is 4.09. The molecule has 1 unspecified atom stereocenters. The van der Waals surface area contributed by atoms with Crippen molar-refractivity contribution in [2.75, 3.05) is 20.2 Å². The average molecular weight is 294 g/mol. The fourth-order valence-electron chi connectivity index (χ4n) is 2.77. The van der Waals surface area contributed by atoms with Gasteiger partial charge in [0.05, 0.1) is 13.4 Å². The number of nitrogens with zero attached hydrogens (tertiary/aromatic N) is 1. The first-order valence-corrected chi connectivity index (χ1v) is 7.74. The third-order valence-electron chi connectivity index (χ3n) is 4.09. The molecular weight excluding hydrogens is 268 g/mol. The number of methoxy groups -OCH3 is 1. The number of hydrogen-bond acceptors (Lipinski definition) is 5. The van der Waals surface area contributed by atoms with Gasteiger partial charge in [-0.1, -0.05) is 6.42 Å². The highest BCUT2D eigenvalue weighted by molar-refractivity contribution is 5.87. The Balaban J connectivity index is 2.02. The maximum absolute atomic E-state index is 11.7. The summed E-state index contributed by atoms with van der Waals surface area (Å²) in [7, 11) is 1.38. The van der Waals surface area contributed by atoms with Gasteiger partial charge in [-0.15, -0.1) is 0 Å². The Morgan fingerprint density at radius 2 is 2.33 bits per heavy atom. The molecule has 0 saturated carbocycles. The van der Waals surface area contributed by atoms with Gasteiger partial charge in [0.2, 0.25) is 5.76 Å². The van der Waals surface area contributed by atoms with E-state index < -0.39 is 5.97 Å². The van der Waals surface area contributed by atoms with Crippen LogP contribution in [-0.4, -0.2) is 43.2 Å². The Labute approximate surface area is 126 Å². The van der Waals surface area contributed by atoms with Crippen molar-refractivity contribution in [2.24, 2.45) is 0 Å². The van der Waals surface area contributed by atoms with Gasteiger partial charge < -0.3 is 14.5 Å².